The molecule has 0 heterocycles. The summed E-state index contributed by atoms with van der Waals surface area (Å²) < 4.78 is 17.2. The number of amides is 1. The standard InChI is InChI=1S/C54H106N2O6/c1-7-13-17-21-23-31-40-50(38-29-19-15-9-3)48-52(57)60-45-35-27-25-33-43-56(54(59)62-47-37-42-55(11-5)12-6)44-34-26-28-36-46-61-53(58)49-51(39-30-20-16-10-4)41-32-24-22-18-14-8-2/h50-51H,7-49H2,1-6H3. The van der Waals surface area contributed by atoms with Crippen molar-refractivity contribution in [2.75, 3.05) is 52.5 Å². The molecule has 0 aromatic rings. The lowest BCUT2D eigenvalue weighted by Gasteiger charge is -2.23. The van der Waals surface area contributed by atoms with Gasteiger partial charge in [-0.25, -0.2) is 4.79 Å². The van der Waals surface area contributed by atoms with Crippen molar-refractivity contribution in [3.8, 4) is 0 Å². The zero-order valence-electron chi connectivity index (χ0n) is 42.4. The van der Waals surface area contributed by atoms with Gasteiger partial charge in [-0.15, -0.1) is 0 Å². The van der Waals surface area contributed by atoms with Crippen LogP contribution < -0.4 is 0 Å². The molecule has 0 saturated carbocycles. The second-order valence-electron chi connectivity index (χ2n) is 18.7. The van der Waals surface area contributed by atoms with Crippen LogP contribution in [0, 0.1) is 11.8 Å². The Hall–Kier alpha value is -1.83. The maximum absolute atomic E-state index is 13.2. The number of esters is 2. The Morgan fingerprint density at radius 2 is 0.677 bits per heavy atom. The zero-order chi connectivity index (χ0) is 45.6. The molecule has 2 unspecified atom stereocenters. The van der Waals surface area contributed by atoms with Gasteiger partial charge < -0.3 is 24.0 Å². The van der Waals surface area contributed by atoms with Crippen molar-refractivity contribution in [2.24, 2.45) is 11.8 Å². The lowest BCUT2D eigenvalue weighted by atomic mass is 9.91. The average Bonchev–Trinajstić information content (AvgIpc) is 3.27. The molecule has 0 aliphatic heterocycles. The summed E-state index contributed by atoms with van der Waals surface area (Å²) in [5.74, 6) is 0.867. The summed E-state index contributed by atoms with van der Waals surface area (Å²) in [5, 5.41) is 0. The SMILES string of the molecule is CCCCCCCCC(CCCCCC)CC(=O)OCCCCCCN(CCCCCCOC(=O)CC(CCCCCC)CCCCCCCC)C(=O)OCCCN(CC)CC. The summed E-state index contributed by atoms with van der Waals surface area (Å²) >= 11 is 0. The van der Waals surface area contributed by atoms with E-state index in [1.165, 1.54) is 128 Å². The molecule has 0 aliphatic rings. The number of unbranched alkanes of at least 4 members (excludes halogenated alkanes) is 22. The first-order valence-corrected chi connectivity index (χ1v) is 27.3. The highest BCUT2D eigenvalue weighted by Gasteiger charge is 2.18. The van der Waals surface area contributed by atoms with Crippen molar-refractivity contribution in [1.29, 1.82) is 0 Å². The maximum Gasteiger partial charge on any atom is 0.409 e. The van der Waals surface area contributed by atoms with Gasteiger partial charge in [0.25, 0.3) is 0 Å². The first-order valence-electron chi connectivity index (χ1n) is 27.3. The molecular weight excluding hydrogens is 773 g/mol. The molecule has 0 aromatic heterocycles. The second kappa shape index (κ2) is 47.1. The molecule has 0 radical (unpaired) electrons. The van der Waals surface area contributed by atoms with E-state index in [1.807, 2.05) is 4.90 Å². The monoisotopic (exact) mass is 879 g/mol. The van der Waals surface area contributed by atoms with Gasteiger partial charge in [0.2, 0.25) is 0 Å². The quantitative estimate of drug-likeness (QED) is 0.0342. The van der Waals surface area contributed by atoms with Crippen molar-refractivity contribution >= 4 is 18.0 Å². The second-order valence-corrected chi connectivity index (χ2v) is 18.7. The smallest absolute Gasteiger partial charge is 0.409 e. The number of hydrogen-bond donors (Lipinski definition) is 0. The molecule has 2 atom stereocenters. The molecule has 62 heavy (non-hydrogen) atoms. The van der Waals surface area contributed by atoms with Gasteiger partial charge in [-0.3, -0.25) is 9.59 Å². The lowest BCUT2D eigenvalue weighted by Crippen LogP contribution is -2.34. The fourth-order valence-electron chi connectivity index (χ4n) is 8.69. The number of nitrogens with zero attached hydrogens (tertiary/aromatic N) is 2. The van der Waals surface area contributed by atoms with Crippen LogP contribution in [0.15, 0.2) is 0 Å². The fourth-order valence-corrected chi connectivity index (χ4v) is 8.69. The zero-order valence-corrected chi connectivity index (χ0v) is 42.4. The van der Waals surface area contributed by atoms with E-state index in [-0.39, 0.29) is 18.0 Å². The summed E-state index contributed by atoms with van der Waals surface area (Å²) in [4.78, 5) is 43.1. The van der Waals surface area contributed by atoms with E-state index in [2.05, 4.69) is 46.4 Å². The molecule has 8 nitrogen and oxygen atoms in total. The highest BCUT2D eigenvalue weighted by Crippen LogP contribution is 2.24. The van der Waals surface area contributed by atoms with E-state index in [0.717, 1.165) is 103 Å². The molecule has 0 fully saturated rings. The Morgan fingerprint density at radius 1 is 0.355 bits per heavy atom. The molecule has 8 heteroatoms. The van der Waals surface area contributed by atoms with Crippen molar-refractivity contribution in [3.63, 3.8) is 0 Å². The van der Waals surface area contributed by atoms with Gasteiger partial charge in [0, 0.05) is 32.5 Å². The third kappa shape index (κ3) is 39.7. The van der Waals surface area contributed by atoms with Crippen LogP contribution in [0.25, 0.3) is 0 Å². The normalized spacial score (nSPS) is 12.4. The van der Waals surface area contributed by atoms with E-state index in [0.29, 0.717) is 57.6 Å². The van der Waals surface area contributed by atoms with Crippen LogP contribution in [0.5, 0.6) is 0 Å². The Morgan fingerprint density at radius 3 is 1.06 bits per heavy atom. The van der Waals surface area contributed by atoms with Gasteiger partial charge in [-0.1, -0.05) is 183 Å². The Labute approximate surface area is 385 Å². The first-order chi connectivity index (χ1) is 30.3. The molecule has 0 spiro atoms. The minimum atomic E-state index is -0.206. The van der Waals surface area contributed by atoms with E-state index in [1.54, 1.807) is 0 Å². The predicted molar refractivity (Wildman–Crippen MR) is 264 cm³/mol. The summed E-state index contributed by atoms with van der Waals surface area (Å²) in [6, 6.07) is 0. The third-order valence-electron chi connectivity index (χ3n) is 12.9. The molecule has 0 aliphatic carbocycles. The minimum absolute atomic E-state index is 0.0230. The number of ether oxygens (including phenoxy) is 3. The average molecular weight is 879 g/mol. The van der Waals surface area contributed by atoms with Crippen LogP contribution in [0.2, 0.25) is 0 Å². The van der Waals surface area contributed by atoms with Gasteiger partial charge in [0.15, 0.2) is 0 Å². The van der Waals surface area contributed by atoms with Crippen LogP contribution in [0.4, 0.5) is 4.79 Å². The Bertz CT molecular complexity index is 915. The number of hydrogen-bond acceptors (Lipinski definition) is 7. The summed E-state index contributed by atoms with van der Waals surface area (Å²) in [6.45, 7) is 19.1. The molecular formula is C54H106N2O6. The third-order valence-corrected chi connectivity index (χ3v) is 12.9. The predicted octanol–water partition coefficient (Wildman–Crippen LogP) is 15.8. The van der Waals surface area contributed by atoms with E-state index < -0.39 is 0 Å². The topological polar surface area (TPSA) is 85.4 Å². The van der Waals surface area contributed by atoms with Crippen molar-refractivity contribution < 1.29 is 28.6 Å². The van der Waals surface area contributed by atoms with Crippen LogP contribution >= 0.6 is 0 Å². The first kappa shape index (κ1) is 60.2. The number of rotatable bonds is 48. The Kier molecular flexibility index (Phi) is 45.8. The van der Waals surface area contributed by atoms with Crippen molar-refractivity contribution in [2.45, 2.75) is 266 Å². The summed E-state index contributed by atoms with van der Waals surface area (Å²) in [7, 11) is 0. The van der Waals surface area contributed by atoms with Gasteiger partial charge >= 0.3 is 18.0 Å². The van der Waals surface area contributed by atoms with E-state index >= 15 is 0 Å². The van der Waals surface area contributed by atoms with Gasteiger partial charge in [-0.05, 0) is 95.6 Å². The number of carbonyl (C=O) groups excluding carboxylic acids is 3. The summed E-state index contributed by atoms with van der Waals surface area (Å²) in [6.07, 6.45) is 39.4. The van der Waals surface area contributed by atoms with Crippen molar-refractivity contribution in [3.05, 3.63) is 0 Å². The highest BCUT2D eigenvalue weighted by atomic mass is 16.6. The molecule has 0 rings (SSSR count). The van der Waals surface area contributed by atoms with Gasteiger partial charge in [0.1, 0.15) is 0 Å². The van der Waals surface area contributed by atoms with Gasteiger partial charge in [-0.2, -0.15) is 0 Å². The van der Waals surface area contributed by atoms with E-state index in [4.69, 9.17) is 14.2 Å². The largest absolute Gasteiger partial charge is 0.466 e. The lowest BCUT2D eigenvalue weighted by molar-refractivity contribution is -0.146. The molecule has 0 aromatic carbocycles. The Balaban J connectivity index is 4.70. The molecule has 0 saturated heterocycles. The van der Waals surface area contributed by atoms with Crippen LogP contribution in [0.1, 0.15) is 266 Å². The minimum Gasteiger partial charge on any atom is -0.466 e. The van der Waals surface area contributed by atoms with Crippen LogP contribution in [0.3, 0.4) is 0 Å². The van der Waals surface area contributed by atoms with Crippen molar-refractivity contribution in [1.82, 2.24) is 9.80 Å². The molecule has 368 valence electrons. The van der Waals surface area contributed by atoms with Crippen LogP contribution in [-0.2, 0) is 23.8 Å². The summed E-state index contributed by atoms with van der Waals surface area (Å²) in [5.41, 5.74) is 0. The van der Waals surface area contributed by atoms with E-state index in [9.17, 15) is 14.4 Å². The maximum atomic E-state index is 13.2. The fraction of sp³-hybridized carbons (Fsp3) is 0.944. The molecule has 0 N–H and O–H groups in total. The van der Waals surface area contributed by atoms with Gasteiger partial charge in [0.05, 0.1) is 19.8 Å². The van der Waals surface area contributed by atoms with Crippen LogP contribution in [-0.4, -0.2) is 80.4 Å². The molecule has 0 bridgehead atoms. The molecule has 1 amide bonds. The number of carbonyl (C=O) groups is 3. The highest BCUT2D eigenvalue weighted by molar-refractivity contribution is 5.70.